The summed E-state index contributed by atoms with van der Waals surface area (Å²) in [4.78, 5) is 14.6. The summed E-state index contributed by atoms with van der Waals surface area (Å²) in [5.41, 5.74) is 0.838. The zero-order chi connectivity index (χ0) is 15.0. The van der Waals surface area contributed by atoms with Crippen LogP contribution in [0.1, 0.15) is 51.3 Å². The Morgan fingerprint density at radius 1 is 1.24 bits per heavy atom. The third kappa shape index (κ3) is 2.69. The fourth-order valence-corrected chi connectivity index (χ4v) is 3.74. The summed E-state index contributed by atoms with van der Waals surface area (Å²) in [6.07, 6.45) is 4.43. The maximum absolute atomic E-state index is 13.5. The van der Waals surface area contributed by atoms with Gasteiger partial charge in [0.1, 0.15) is 12.0 Å². The van der Waals surface area contributed by atoms with E-state index in [0.717, 1.165) is 12.0 Å². The van der Waals surface area contributed by atoms with Gasteiger partial charge in [0.15, 0.2) is 0 Å². The van der Waals surface area contributed by atoms with Crippen molar-refractivity contribution in [3.8, 4) is 0 Å². The Labute approximate surface area is 125 Å². The van der Waals surface area contributed by atoms with Crippen molar-refractivity contribution in [1.29, 1.82) is 0 Å². The first-order chi connectivity index (χ1) is 10.1. The molecule has 3 rings (SSSR count). The van der Waals surface area contributed by atoms with Crippen molar-refractivity contribution in [2.75, 3.05) is 0 Å². The molecule has 4 unspecified atom stereocenters. The van der Waals surface area contributed by atoms with Crippen LogP contribution in [0.5, 0.6) is 0 Å². The molecule has 4 heteroatoms. The predicted molar refractivity (Wildman–Crippen MR) is 80.0 cm³/mol. The highest BCUT2D eigenvalue weighted by Crippen LogP contribution is 2.36. The fourth-order valence-electron chi connectivity index (χ4n) is 3.74. The Hall–Kier alpha value is -1.42. The molecule has 21 heavy (non-hydrogen) atoms. The summed E-state index contributed by atoms with van der Waals surface area (Å²) in [5, 5.41) is 3.32. The number of carbonyl (C=O) groups is 1. The van der Waals surface area contributed by atoms with Gasteiger partial charge in [0.25, 0.3) is 0 Å². The summed E-state index contributed by atoms with van der Waals surface area (Å²) in [6, 6.07) is 6.64. The number of amides is 1. The van der Waals surface area contributed by atoms with Crippen LogP contribution >= 0.6 is 0 Å². The Bertz CT molecular complexity index is 533. The highest BCUT2D eigenvalue weighted by Gasteiger charge is 2.43. The van der Waals surface area contributed by atoms with Gasteiger partial charge in [-0.1, -0.05) is 31.9 Å². The van der Waals surface area contributed by atoms with Gasteiger partial charge >= 0.3 is 0 Å². The lowest BCUT2D eigenvalue weighted by atomic mass is 9.84. The van der Waals surface area contributed by atoms with Gasteiger partial charge in [0.2, 0.25) is 5.91 Å². The first kappa shape index (κ1) is 14.5. The molecule has 0 bridgehead atoms. The molecule has 1 saturated heterocycles. The quantitative estimate of drug-likeness (QED) is 0.907. The molecule has 1 N–H and O–H groups in total. The maximum atomic E-state index is 13.5. The van der Waals surface area contributed by atoms with Crippen LogP contribution in [0.15, 0.2) is 24.3 Å². The molecule has 114 valence electrons. The molecule has 0 spiro atoms. The number of hydrogen-bond acceptors (Lipinski definition) is 2. The van der Waals surface area contributed by atoms with Gasteiger partial charge in [0, 0.05) is 6.04 Å². The van der Waals surface area contributed by atoms with Crippen molar-refractivity contribution in [2.45, 2.75) is 57.8 Å². The molecule has 1 heterocycles. The summed E-state index contributed by atoms with van der Waals surface area (Å²) >= 11 is 0. The zero-order valence-electron chi connectivity index (χ0n) is 12.7. The molecule has 1 aliphatic carbocycles. The van der Waals surface area contributed by atoms with E-state index in [1.807, 2.05) is 17.9 Å². The number of nitrogens with one attached hydrogen (secondary N) is 1. The maximum Gasteiger partial charge on any atom is 0.241 e. The van der Waals surface area contributed by atoms with Gasteiger partial charge < -0.3 is 4.90 Å². The number of benzene rings is 1. The summed E-state index contributed by atoms with van der Waals surface area (Å²) in [6.45, 7) is 4.12. The Morgan fingerprint density at radius 2 is 2.00 bits per heavy atom. The summed E-state index contributed by atoms with van der Waals surface area (Å²) < 4.78 is 13.5. The molecule has 4 atom stereocenters. The van der Waals surface area contributed by atoms with Crippen LogP contribution in [-0.2, 0) is 4.79 Å². The third-order valence-corrected chi connectivity index (χ3v) is 4.90. The predicted octanol–water partition coefficient (Wildman–Crippen LogP) is 3.22. The number of carbonyl (C=O) groups excluding carboxylic acids is 1. The van der Waals surface area contributed by atoms with Gasteiger partial charge in [-0.3, -0.25) is 10.1 Å². The first-order valence-corrected chi connectivity index (χ1v) is 7.91. The van der Waals surface area contributed by atoms with E-state index in [2.05, 4.69) is 12.2 Å². The molecule has 3 nitrogen and oxygen atoms in total. The molecular weight excluding hydrogens is 267 g/mol. The van der Waals surface area contributed by atoms with E-state index < -0.39 is 0 Å². The van der Waals surface area contributed by atoms with Gasteiger partial charge in [0.05, 0.1) is 6.04 Å². The SMILES string of the molecule is CC1NC(c2cccc(F)c2)N(C2CCCCC2C)C1=O. The van der Waals surface area contributed by atoms with Crippen LogP contribution in [-0.4, -0.2) is 22.9 Å². The number of rotatable bonds is 2. The first-order valence-electron chi connectivity index (χ1n) is 7.91. The Morgan fingerprint density at radius 3 is 2.71 bits per heavy atom. The van der Waals surface area contributed by atoms with Crippen molar-refractivity contribution >= 4 is 5.91 Å². The average molecular weight is 290 g/mol. The normalized spacial score (nSPS) is 33.5. The van der Waals surface area contributed by atoms with E-state index >= 15 is 0 Å². The fraction of sp³-hybridized carbons (Fsp3) is 0.588. The van der Waals surface area contributed by atoms with E-state index in [-0.39, 0.29) is 30.0 Å². The molecule has 2 aliphatic rings. The monoisotopic (exact) mass is 290 g/mol. The van der Waals surface area contributed by atoms with Crippen molar-refractivity contribution < 1.29 is 9.18 Å². The van der Waals surface area contributed by atoms with Crippen LogP contribution in [0, 0.1) is 11.7 Å². The van der Waals surface area contributed by atoms with Crippen molar-refractivity contribution in [3.05, 3.63) is 35.6 Å². The van der Waals surface area contributed by atoms with E-state index in [0.29, 0.717) is 5.92 Å². The third-order valence-electron chi connectivity index (χ3n) is 4.90. The number of nitrogens with zero attached hydrogens (tertiary/aromatic N) is 1. The van der Waals surface area contributed by atoms with E-state index in [1.165, 1.54) is 31.4 Å². The van der Waals surface area contributed by atoms with E-state index in [4.69, 9.17) is 0 Å². The number of halogens is 1. The number of hydrogen-bond donors (Lipinski definition) is 1. The largest absolute Gasteiger partial charge is 0.318 e. The highest BCUT2D eigenvalue weighted by molar-refractivity contribution is 5.84. The molecule has 1 aromatic carbocycles. The minimum Gasteiger partial charge on any atom is -0.318 e. The molecule has 2 fully saturated rings. The van der Waals surface area contributed by atoms with Gasteiger partial charge in [-0.05, 0) is 43.4 Å². The van der Waals surface area contributed by atoms with Crippen molar-refractivity contribution in [3.63, 3.8) is 0 Å². The second-order valence-corrected chi connectivity index (χ2v) is 6.42. The van der Waals surface area contributed by atoms with E-state index in [9.17, 15) is 9.18 Å². The zero-order valence-corrected chi connectivity index (χ0v) is 12.7. The smallest absolute Gasteiger partial charge is 0.241 e. The van der Waals surface area contributed by atoms with Gasteiger partial charge in [-0.2, -0.15) is 0 Å². The van der Waals surface area contributed by atoms with Crippen molar-refractivity contribution in [1.82, 2.24) is 10.2 Å². The molecular formula is C17H23FN2O. The lowest BCUT2D eigenvalue weighted by molar-refractivity contribution is -0.134. The standard InChI is InChI=1S/C17H23FN2O/c1-11-6-3-4-9-15(11)20-16(19-12(2)17(20)21)13-7-5-8-14(18)10-13/h5,7-8,10-12,15-16,19H,3-4,6,9H2,1-2H3. The van der Waals surface area contributed by atoms with Crippen LogP contribution in [0.2, 0.25) is 0 Å². The Kier molecular flexibility index (Phi) is 3.98. The van der Waals surface area contributed by atoms with Crippen LogP contribution in [0.4, 0.5) is 4.39 Å². The van der Waals surface area contributed by atoms with Gasteiger partial charge in [-0.15, -0.1) is 0 Å². The lowest BCUT2D eigenvalue weighted by Crippen LogP contribution is -2.45. The summed E-state index contributed by atoms with van der Waals surface area (Å²) in [5.74, 6) is 0.395. The lowest BCUT2D eigenvalue weighted by Gasteiger charge is -2.39. The summed E-state index contributed by atoms with van der Waals surface area (Å²) in [7, 11) is 0. The molecule has 0 radical (unpaired) electrons. The molecule has 0 aromatic heterocycles. The second-order valence-electron chi connectivity index (χ2n) is 6.42. The highest BCUT2D eigenvalue weighted by atomic mass is 19.1. The van der Waals surface area contributed by atoms with Crippen LogP contribution < -0.4 is 5.32 Å². The van der Waals surface area contributed by atoms with Crippen LogP contribution in [0.3, 0.4) is 0 Å². The van der Waals surface area contributed by atoms with Gasteiger partial charge in [-0.25, -0.2) is 4.39 Å². The topological polar surface area (TPSA) is 32.3 Å². The van der Waals surface area contributed by atoms with E-state index in [1.54, 1.807) is 6.07 Å². The van der Waals surface area contributed by atoms with Crippen molar-refractivity contribution in [2.24, 2.45) is 5.92 Å². The van der Waals surface area contributed by atoms with Crippen LogP contribution in [0.25, 0.3) is 0 Å². The molecule has 1 aliphatic heterocycles. The minimum atomic E-state index is -0.252. The molecule has 1 aromatic rings. The average Bonchev–Trinajstić information content (AvgIpc) is 2.76. The second kappa shape index (κ2) is 5.76. The minimum absolute atomic E-state index is 0.142. The molecule has 1 amide bonds. The Balaban J connectivity index is 1.92. The molecule has 1 saturated carbocycles.